The van der Waals surface area contributed by atoms with Gasteiger partial charge in [0.15, 0.2) is 5.58 Å². The molecule has 0 radical (unpaired) electrons. The third-order valence-electron chi connectivity index (χ3n) is 1.19. The number of hydrogen-bond donors (Lipinski definition) is 1. The fourth-order valence-corrected chi connectivity index (χ4v) is 0.748. The van der Waals surface area contributed by atoms with Gasteiger partial charge in [0.2, 0.25) is 0 Å². The number of hydrogen-bond acceptors (Lipinski definition) is 4. The molecule has 0 saturated carbocycles. The minimum absolute atomic E-state index is 0.0873. The van der Waals surface area contributed by atoms with Crippen molar-refractivity contribution in [1.29, 1.82) is 0 Å². The van der Waals surface area contributed by atoms with Crippen molar-refractivity contribution < 1.29 is 9.63 Å². The van der Waals surface area contributed by atoms with E-state index in [0.717, 1.165) is 0 Å². The summed E-state index contributed by atoms with van der Waals surface area (Å²) >= 11 is 0. The molecule has 0 spiro atoms. The van der Waals surface area contributed by atoms with E-state index in [1.165, 1.54) is 18.5 Å². The van der Waals surface area contributed by atoms with Crippen LogP contribution in [-0.4, -0.2) is 15.2 Å². The molecular formula is C6H4N2O2. The van der Waals surface area contributed by atoms with Gasteiger partial charge in [0.25, 0.3) is 0 Å². The van der Waals surface area contributed by atoms with Crippen LogP contribution in [0.25, 0.3) is 11.1 Å². The van der Waals surface area contributed by atoms with Crippen LogP contribution in [0.1, 0.15) is 0 Å². The van der Waals surface area contributed by atoms with E-state index in [4.69, 9.17) is 9.63 Å². The van der Waals surface area contributed by atoms with Crippen LogP contribution in [0.15, 0.2) is 23.0 Å². The molecule has 50 valence electrons. The van der Waals surface area contributed by atoms with E-state index in [0.29, 0.717) is 11.1 Å². The Balaban J connectivity index is 2.86. The van der Waals surface area contributed by atoms with Gasteiger partial charge < -0.3 is 9.63 Å². The Hall–Kier alpha value is -1.58. The maximum Gasteiger partial charge on any atom is 0.188 e. The SMILES string of the molecule is Oc1cnc2cnoc2c1. The van der Waals surface area contributed by atoms with E-state index in [2.05, 4.69) is 10.1 Å². The van der Waals surface area contributed by atoms with Crippen molar-refractivity contribution >= 4 is 11.1 Å². The van der Waals surface area contributed by atoms with Crippen molar-refractivity contribution in [3.8, 4) is 5.75 Å². The second-order valence-corrected chi connectivity index (χ2v) is 1.90. The van der Waals surface area contributed by atoms with Gasteiger partial charge in [0, 0.05) is 6.07 Å². The molecule has 10 heavy (non-hydrogen) atoms. The predicted molar refractivity (Wildman–Crippen MR) is 33.5 cm³/mol. The van der Waals surface area contributed by atoms with Gasteiger partial charge in [-0.25, -0.2) is 4.98 Å². The molecule has 0 atom stereocenters. The summed E-state index contributed by atoms with van der Waals surface area (Å²) < 4.78 is 4.73. The zero-order chi connectivity index (χ0) is 6.97. The molecular weight excluding hydrogens is 132 g/mol. The van der Waals surface area contributed by atoms with E-state index in [9.17, 15) is 0 Å². The normalized spacial score (nSPS) is 10.4. The van der Waals surface area contributed by atoms with Crippen LogP contribution < -0.4 is 0 Å². The number of fused-ring (bicyclic) bond motifs is 1. The molecule has 0 amide bonds. The van der Waals surface area contributed by atoms with Crippen LogP contribution in [0.5, 0.6) is 5.75 Å². The van der Waals surface area contributed by atoms with Crippen molar-refractivity contribution in [2.75, 3.05) is 0 Å². The molecule has 0 bridgehead atoms. The number of nitrogens with zero attached hydrogens (tertiary/aromatic N) is 2. The lowest BCUT2D eigenvalue weighted by Crippen LogP contribution is -1.70. The second-order valence-electron chi connectivity index (χ2n) is 1.90. The van der Waals surface area contributed by atoms with E-state index >= 15 is 0 Å². The quantitative estimate of drug-likeness (QED) is 0.585. The zero-order valence-electron chi connectivity index (χ0n) is 4.98. The summed E-state index contributed by atoms with van der Waals surface area (Å²) in [5, 5.41) is 12.4. The largest absolute Gasteiger partial charge is 0.506 e. The van der Waals surface area contributed by atoms with E-state index in [1.54, 1.807) is 0 Å². The highest BCUT2D eigenvalue weighted by atomic mass is 16.5. The number of pyridine rings is 1. The highest BCUT2D eigenvalue weighted by molar-refractivity contribution is 5.71. The first-order chi connectivity index (χ1) is 4.86. The number of aromatic hydroxyl groups is 1. The van der Waals surface area contributed by atoms with Crippen LogP contribution in [-0.2, 0) is 0 Å². The molecule has 0 unspecified atom stereocenters. The Morgan fingerprint density at radius 1 is 1.40 bits per heavy atom. The Bertz CT molecular complexity index is 355. The Kier molecular flexibility index (Phi) is 0.887. The number of aromatic nitrogens is 2. The zero-order valence-corrected chi connectivity index (χ0v) is 4.98. The molecule has 0 aliphatic heterocycles. The molecule has 2 aromatic rings. The molecule has 4 nitrogen and oxygen atoms in total. The fraction of sp³-hybridized carbons (Fsp3) is 0. The molecule has 1 N–H and O–H groups in total. The van der Waals surface area contributed by atoms with Gasteiger partial charge in [-0.15, -0.1) is 0 Å². The summed E-state index contributed by atoms with van der Waals surface area (Å²) in [6.45, 7) is 0. The molecule has 0 saturated heterocycles. The molecule has 4 heteroatoms. The fourth-order valence-electron chi connectivity index (χ4n) is 0.748. The molecule has 0 aliphatic carbocycles. The minimum atomic E-state index is 0.0873. The van der Waals surface area contributed by atoms with Crippen LogP contribution in [0.2, 0.25) is 0 Å². The van der Waals surface area contributed by atoms with Crippen molar-refractivity contribution in [3.05, 3.63) is 18.5 Å². The minimum Gasteiger partial charge on any atom is -0.506 e. The third kappa shape index (κ3) is 0.621. The van der Waals surface area contributed by atoms with Crippen LogP contribution >= 0.6 is 0 Å². The Morgan fingerprint density at radius 2 is 2.30 bits per heavy atom. The van der Waals surface area contributed by atoms with E-state index in [-0.39, 0.29) is 5.75 Å². The predicted octanol–water partition coefficient (Wildman–Crippen LogP) is 0.928. The smallest absolute Gasteiger partial charge is 0.188 e. The summed E-state index contributed by atoms with van der Waals surface area (Å²) in [4.78, 5) is 3.83. The highest BCUT2D eigenvalue weighted by Gasteiger charge is 1.98. The maximum absolute atomic E-state index is 8.90. The molecule has 2 heterocycles. The van der Waals surface area contributed by atoms with E-state index < -0.39 is 0 Å². The second kappa shape index (κ2) is 1.70. The van der Waals surface area contributed by atoms with Crippen molar-refractivity contribution in [2.45, 2.75) is 0 Å². The molecule has 0 fully saturated rings. The summed E-state index contributed by atoms with van der Waals surface area (Å²) in [7, 11) is 0. The maximum atomic E-state index is 8.90. The van der Waals surface area contributed by atoms with Crippen molar-refractivity contribution in [1.82, 2.24) is 10.1 Å². The van der Waals surface area contributed by atoms with Crippen LogP contribution in [0.3, 0.4) is 0 Å². The lowest BCUT2D eigenvalue weighted by atomic mass is 10.4. The summed E-state index contributed by atoms with van der Waals surface area (Å²) in [5.74, 6) is 0.0873. The van der Waals surface area contributed by atoms with E-state index in [1.807, 2.05) is 0 Å². The van der Waals surface area contributed by atoms with Crippen LogP contribution in [0, 0.1) is 0 Å². The van der Waals surface area contributed by atoms with Gasteiger partial charge in [-0.1, -0.05) is 5.16 Å². The van der Waals surface area contributed by atoms with Gasteiger partial charge in [0.05, 0.1) is 12.4 Å². The standard InChI is InChI=1S/C6H4N2O2/c9-4-1-6-5(7-2-4)3-8-10-6/h1-3,9H. The molecule has 0 aromatic carbocycles. The average molecular weight is 136 g/mol. The van der Waals surface area contributed by atoms with Gasteiger partial charge in [0.1, 0.15) is 11.3 Å². The van der Waals surface area contributed by atoms with Gasteiger partial charge >= 0.3 is 0 Å². The van der Waals surface area contributed by atoms with Crippen molar-refractivity contribution in [2.24, 2.45) is 0 Å². The summed E-state index contributed by atoms with van der Waals surface area (Å²) in [5.41, 5.74) is 1.15. The first-order valence-corrected chi connectivity index (χ1v) is 2.76. The average Bonchev–Trinajstić information content (AvgIpc) is 2.33. The molecule has 2 rings (SSSR count). The molecule has 2 aromatic heterocycles. The Labute approximate surface area is 56.1 Å². The molecule has 0 aliphatic rings. The highest BCUT2D eigenvalue weighted by Crippen LogP contribution is 2.15. The first kappa shape index (κ1) is 5.22. The topological polar surface area (TPSA) is 59.2 Å². The number of rotatable bonds is 0. The van der Waals surface area contributed by atoms with Gasteiger partial charge in [-0.3, -0.25) is 0 Å². The third-order valence-corrected chi connectivity index (χ3v) is 1.19. The summed E-state index contributed by atoms with van der Waals surface area (Å²) in [6, 6.07) is 1.47. The van der Waals surface area contributed by atoms with Gasteiger partial charge in [-0.2, -0.15) is 0 Å². The van der Waals surface area contributed by atoms with Crippen molar-refractivity contribution in [3.63, 3.8) is 0 Å². The van der Waals surface area contributed by atoms with Gasteiger partial charge in [-0.05, 0) is 0 Å². The lowest BCUT2D eigenvalue weighted by molar-refractivity contribution is 0.448. The Morgan fingerprint density at radius 3 is 3.20 bits per heavy atom. The first-order valence-electron chi connectivity index (χ1n) is 2.76. The summed E-state index contributed by atoms with van der Waals surface area (Å²) in [6.07, 6.45) is 2.84. The lowest BCUT2D eigenvalue weighted by Gasteiger charge is -1.86. The monoisotopic (exact) mass is 136 g/mol. The van der Waals surface area contributed by atoms with Crippen LogP contribution in [0.4, 0.5) is 0 Å².